The van der Waals surface area contributed by atoms with Crippen LogP contribution in [0.3, 0.4) is 0 Å². The number of fused-ring (bicyclic) bond motifs is 7. The molecule has 2 fully saturated rings. The number of Topliss-reactive ketones (excluding diaryl/α,β-unsaturated/α-hetero) is 1. The smallest absolute Gasteiger partial charge is 0.235 e. The summed E-state index contributed by atoms with van der Waals surface area (Å²) in [5.41, 5.74) is 1.88. The highest BCUT2D eigenvalue weighted by molar-refractivity contribution is 6.13. The predicted octanol–water partition coefficient (Wildman–Crippen LogP) is 2.68. The van der Waals surface area contributed by atoms with E-state index in [0.29, 0.717) is 0 Å². The van der Waals surface area contributed by atoms with E-state index in [9.17, 15) is 14.4 Å². The molecule has 4 atom stereocenters. The highest BCUT2D eigenvalue weighted by Gasteiger charge is 2.64. The van der Waals surface area contributed by atoms with Gasteiger partial charge >= 0.3 is 0 Å². The third-order valence-corrected chi connectivity index (χ3v) is 6.86. The lowest BCUT2D eigenvalue weighted by atomic mass is 9.79. The molecule has 2 amide bonds. The summed E-state index contributed by atoms with van der Waals surface area (Å²) in [6, 6.07) is 6.77. The highest BCUT2D eigenvalue weighted by atomic mass is 16.5. The van der Waals surface area contributed by atoms with E-state index >= 15 is 0 Å². The molecule has 0 radical (unpaired) electrons. The van der Waals surface area contributed by atoms with Gasteiger partial charge in [-0.2, -0.15) is 0 Å². The summed E-state index contributed by atoms with van der Waals surface area (Å²) < 4.78 is 5.11. The van der Waals surface area contributed by atoms with Crippen LogP contribution in [0.1, 0.15) is 26.3 Å². The van der Waals surface area contributed by atoms with E-state index in [-0.39, 0.29) is 36.8 Å². The van der Waals surface area contributed by atoms with Crippen molar-refractivity contribution in [2.45, 2.75) is 32.9 Å². The molecule has 0 aliphatic carbocycles. The molecule has 1 aromatic heterocycles. The molecule has 2 saturated heterocycles. The van der Waals surface area contributed by atoms with Gasteiger partial charge in [0.25, 0.3) is 0 Å². The lowest BCUT2D eigenvalue weighted by Gasteiger charge is -2.39. The lowest BCUT2D eigenvalue weighted by Crippen LogP contribution is -2.51. The van der Waals surface area contributed by atoms with Gasteiger partial charge in [-0.1, -0.05) is 51.1 Å². The van der Waals surface area contributed by atoms with Gasteiger partial charge in [-0.3, -0.25) is 24.3 Å². The molecule has 1 aromatic carbocycles. The van der Waals surface area contributed by atoms with Crippen molar-refractivity contribution in [1.29, 1.82) is 0 Å². The van der Waals surface area contributed by atoms with Crippen LogP contribution in [0, 0.1) is 17.3 Å². The van der Waals surface area contributed by atoms with E-state index in [1.807, 2.05) is 62.1 Å². The number of hydrogen-bond acceptors (Lipinski definition) is 6. The van der Waals surface area contributed by atoms with Crippen molar-refractivity contribution in [3.8, 4) is 0 Å². The van der Waals surface area contributed by atoms with Gasteiger partial charge in [-0.05, 0) is 11.6 Å². The summed E-state index contributed by atoms with van der Waals surface area (Å²) in [6.07, 6.45) is 5.69. The number of benzene rings is 1. The Morgan fingerprint density at radius 1 is 1.12 bits per heavy atom. The SMILES string of the molecule is COCCN1C(=O)[C@@H]2[C@H](C1=O)[C@H](C(=O)C(C)(C)C)N1c3c(ccc4cccnc34)C=C[C@H]21. The van der Waals surface area contributed by atoms with Gasteiger partial charge in [0, 0.05) is 24.1 Å². The van der Waals surface area contributed by atoms with E-state index in [0.717, 1.165) is 22.2 Å². The average molecular weight is 434 g/mol. The van der Waals surface area contributed by atoms with Gasteiger partial charge in [-0.25, -0.2) is 0 Å². The first kappa shape index (κ1) is 20.8. The van der Waals surface area contributed by atoms with Crippen molar-refractivity contribution >= 4 is 40.3 Å². The number of imide groups is 1. The molecular weight excluding hydrogens is 406 g/mol. The molecule has 0 saturated carbocycles. The summed E-state index contributed by atoms with van der Waals surface area (Å²) in [5.74, 6) is -1.86. The summed E-state index contributed by atoms with van der Waals surface area (Å²) >= 11 is 0. The number of amides is 2. The van der Waals surface area contributed by atoms with Crippen LogP contribution in [0.15, 0.2) is 36.5 Å². The summed E-state index contributed by atoms with van der Waals surface area (Å²) in [4.78, 5) is 48.6. The second-order valence-electron chi connectivity index (χ2n) is 9.77. The Kier molecular flexibility index (Phi) is 4.71. The predicted molar refractivity (Wildman–Crippen MR) is 121 cm³/mol. The maximum Gasteiger partial charge on any atom is 0.235 e. The van der Waals surface area contributed by atoms with Crippen LogP contribution in [0.2, 0.25) is 0 Å². The normalized spacial score (nSPS) is 26.5. The zero-order valence-corrected chi connectivity index (χ0v) is 18.7. The number of ketones is 1. The van der Waals surface area contributed by atoms with Crippen molar-refractivity contribution in [2.24, 2.45) is 17.3 Å². The van der Waals surface area contributed by atoms with Crippen LogP contribution < -0.4 is 4.90 Å². The highest BCUT2D eigenvalue weighted by Crippen LogP contribution is 2.51. The number of nitrogens with zero attached hydrogens (tertiary/aromatic N) is 3. The number of carbonyl (C=O) groups excluding carboxylic acids is 3. The molecule has 4 heterocycles. The Morgan fingerprint density at radius 3 is 2.59 bits per heavy atom. The van der Waals surface area contributed by atoms with Crippen molar-refractivity contribution < 1.29 is 19.1 Å². The molecule has 2 aromatic rings. The fraction of sp³-hybridized carbons (Fsp3) is 0.440. The van der Waals surface area contributed by atoms with Gasteiger partial charge in [-0.15, -0.1) is 0 Å². The fourth-order valence-corrected chi connectivity index (χ4v) is 5.39. The first-order valence-electron chi connectivity index (χ1n) is 11.0. The van der Waals surface area contributed by atoms with Crippen LogP contribution in [0.4, 0.5) is 5.69 Å². The number of methoxy groups -OCH3 is 1. The summed E-state index contributed by atoms with van der Waals surface area (Å²) in [7, 11) is 1.54. The quantitative estimate of drug-likeness (QED) is 0.690. The Morgan fingerprint density at radius 2 is 1.88 bits per heavy atom. The lowest BCUT2D eigenvalue weighted by molar-refractivity contribution is -0.142. The Labute approximate surface area is 187 Å². The molecule has 32 heavy (non-hydrogen) atoms. The number of ether oxygens (including phenoxy) is 1. The molecule has 0 unspecified atom stereocenters. The molecule has 0 spiro atoms. The molecule has 7 heteroatoms. The number of aromatic nitrogens is 1. The average Bonchev–Trinajstić information content (AvgIpc) is 3.23. The number of carbonyl (C=O) groups is 3. The van der Waals surface area contributed by atoms with Crippen molar-refractivity contribution in [3.63, 3.8) is 0 Å². The molecule has 5 rings (SSSR count). The van der Waals surface area contributed by atoms with Crippen molar-refractivity contribution in [3.05, 3.63) is 42.1 Å². The molecule has 166 valence electrons. The Balaban J connectivity index is 1.70. The van der Waals surface area contributed by atoms with Crippen LogP contribution in [0.25, 0.3) is 17.0 Å². The number of anilines is 1. The van der Waals surface area contributed by atoms with Crippen LogP contribution >= 0.6 is 0 Å². The number of pyridine rings is 1. The van der Waals surface area contributed by atoms with E-state index in [1.165, 1.54) is 4.90 Å². The second-order valence-corrected chi connectivity index (χ2v) is 9.77. The molecule has 0 N–H and O–H groups in total. The van der Waals surface area contributed by atoms with Gasteiger partial charge < -0.3 is 9.64 Å². The van der Waals surface area contributed by atoms with Gasteiger partial charge in [0.15, 0.2) is 5.78 Å². The standard InChI is InChI=1S/C25H27N3O4/c1-25(2,3)22(29)21-18-17(23(30)27(24(18)31)12-13-32-4)16-10-9-15-8-7-14-6-5-11-26-19(14)20(15)28(16)21/h5-11,16-18,21H,12-13H2,1-4H3/t16-,17+,18+,21-/m1/s1. The first-order valence-corrected chi connectivity index (χ1v) is 11.0. The Hall–Kier alpha value is -3.06. The second kappa shape index (κ2) is 7.24. The topological polar surface area (TPSA) is 79.8 Å². The minimum atomic E-state index is -0.731. The third kappa shape index (κ3) is 2.84. The van der Waals surface area contributed by atoms with E-state index < -0.39 is 23.3 Å². The van der Waals surface area contributed by atoms with E-state index in [1.54, 1.807) is 13.3 Å². The van der Waals surface area contributed by atoms with Gasteiger partial charge in [0.1, 0.15) is 6.04 Å². The van der Waals surface area contributed by atoms with E-state index in [2.05, 4.69) is 4.98 Å². The maximum atomic E-state index is 13.8. The molecule has 7 nitrogen and oxygen atoms in total. The monoisotopic (exact) mass is 433 g/mol. The van der Waals surface area contributed by atoms with Crippen LogP contribution in [-0.4, -0.2) is 59.8 Å². The molecule has 0 bridgehead atoms. The first-order chi connectivity index (χ1) is 15.3. The minimum absolute atomic E-state index is 0.0427. The Bertz CT molecular complexity index is 1170. The van der Waals surface area contributed by atoms with E-state index in [4.69, 9.17) is 4.74 Å². The summed E-state index contributed by atoms with van der Waals surface area (Å²) in [6.45, 7) is 6.07. The molecular formula is C25H27N3O4. The third-order valence-electron chi connectivity index (χ3n) is 6.86. The number of likely N-dealkylation sites (tertiary alicyclic amines) is 1. The zero-order chi connectivity index (χ0) is 22.8. The van der Waals surface area contributed by atoms with Crippen LogP contribution in [-0.2, 0) is 19.1 Å². The zero-order valence-electron chi connectivity index (χ0n) is 18.7. The van der Waals surface area contributed by atoms with Crippen LogP contribution in [0.5, 0.6) is 0 Å². The molecule has 3 aliphatic heterocycles. The summed E-state index contributed by atoms with van der Waals surface area (Å²) in [5, 5.41) is 0.957. The van der Waals surface area contributed by atoms with Crippen molar-refractivity contribution in [2.75, 3.05) is 25.2 Å². The molecule has 3 aliphatic rings. The largest absolute Gasteiger partial charge is 0.383 e. The van der Waals surface area contributed by atoms with Gasteiger partial charge in [0.2, 0.25) is 11.8 Å². The minimum Gasteiger partial charge on any atom is -0.383 e. The fourth-order valence-electron chi connectivity index (χ4n) is 5.39. The maximum absolute atomic E-state index is 13.8. The number of rotatable bonds is 4. The number of hydrogen-bond donors (Lipinski definition) is 0. The van der Waals surface area contributed by atoms with Gasteiger partial charge in [0.05, 0.1) is 42.2 Å². The van der Waals surface area contributed by atoms with Crippen molar-refractivity contribution in [1.82, 2.24) is 9.88 Å².